The molecule has 0 spiro atoms. The summed E-state index contributed by atoms with van der Waals surface area (Å²) in [5, 5.41) is 99.2. The van der Waals surface area contributed by atoms with Gasteiger partial charge in [0.25, 0.3) is 0 Å². The van der Waals surface area contributed by atoms with Crippen molar-refractivity contribution in [3.63, 3.8) is 0 Å². The Morgan fingerprint density at radius 2 is 0.596 bits per heavy atom. The van der Waals surface area contributed by atoms with Gasteiger partial charge >= 0.3 is 0 Å². The molecule has 5 atom stereocenters. The Morgan fingerprint density at radius 3 is 0.879 bits per heavy atom. The average Bonchev–Trinajstić information content (AvgIpc) is 0.831. The molecular formula is C82H97Cl3N4O10. The minimum atomic E-state index is -0.185. The number of nitrogens with zero attached hydrogens (tertiary/aromatic N) is 3. The highest BCUT2D eigenvalue weighted by Gasteiger charge is 2.25. The van der Waals surface area contributed by atoms with E-state index in [0.717, 1.165) is 87.4 Å². The third kappa shape index (κ3) is 22.8. The fourth-order valence-electron chi connectivity index (χ4n) is 13.3. The van der Waals surface area contributed by atoms with E-state index in [9.17, 15) is 46.0 Å². The fraction of sp³-hybridized carbons (Fsp3) is 0.341. The number of rotatable bonds is 33. The molecule has 526 valence electrons. The number of halogens is 3. The van der Waals surface area contributed by atoms with Crippen molar-refractivity contribution in [2.24, 2.45) is 0 Å². The van der Waals surface area contributed by atoms with E-state index in [0.29, 0.717) is 79.6 Å². The van der Waals surface area contributed by atoms with Crippen LogP contribution in [0, 0.1) is 0 Å². The quantitative estimate of drug-likeness (QED) is 0.0172. The van der Waals surface area contributed by atoms with Crippen LogP contribution in [-0.4, -0.2) is 162 Å². The van der Waals surface area contributed by atoms with Gasteiger partial charge in [0.1, 0.15) is 0 Å². The molecule has 0 bridgehead atoms. The van der Waals surface area contributed by atoms with Crippen LogP contribution in [0.1, 0.15) is 129 Å². The predicted octanol–water partition coefficient (Wildman–Crippen LogP) is 13.2. The van der Waals surface area contributed by atoms with Crippen LogP contribution in [0.4, 0.5) is 22.7 Å². The van der Waals surface area contributed by atoms with Crippen LogP contribution in [0.15, 0.2) is 218 Å². The van der Waals surface area contributed by atoms with Crippen molar-refractivity contribution >= 4 is 57.6 Å². The number of hydrogen-bond donors (Lipinski definition) is 11. The molecule has 1 aliphatic carbocycles. The normalized spacial score (nSPS) is 14.4. The Hall–Kier alpha value is -7.35. The molecule has 14 nitrogen and oxygen atoms in total. The molecular weight excluding hydrogens is 1310 g/mol. The maximum absolute atomic E-state index is 10.1. The predicted molar refractivity (Wildman–Crippen MR) is 404 cm³/mol. The van der Waals surface area contributed by atoms with Gasteiger partial charge in [0.15, 0.2) is 0 Å². The molecule has 9 aromatic carbocycles. The van der Waals surface area contributed by atoms with Crippen molar-refractivity contribution in [1.82, 2.24) is 0 Å². The highest BCUT2D eigenvalue weighted by Crippen LogP contribution is 2.40. The SMILES string of the molecule is OCCC(CCO)c1ccc(C(c2ccc(Cl)cc2)c2ccc(N(CCO)CCO)cc2)cc1.OCCN(CCO)c1ccc(C(c2ccc(Cl)cc2)c2ccc(C3CCCC(O)C3)cc2)cc1.OCCNc1ccc(C(c2ccc(Cl)cc2)c2ccc(N(CCO)CCO)cc2)cc1. The first-order chi connectivity index (χ1) is 48.3. The molecule has 1 aliphatic rings. The Bertz CT molecular complexity index is 3400. The molecule has 99 heavy (non-hydrogen) atoms. The summed E-state index contributed by atoms with van der Waals surface area (Å²) in [7, 11) is 0. The number of nitrogens with one attached hydrogen (secondary N) is 1. The first-order valence-corrected chi connectivity index (χ1v) is 35.5. The van der Waals surface area contributed by atoms with Crippen molar-refractivity contribution in [2.45, 2.75) is 74.2 Å². The summed E-state index contributed by atoms with van der Waals surface area (Å²) in [6.45, 7) is 3.83. The minimum absolute atomic E-state index is 0.00126. The monoisotopic (exact) mass is 1400 g/mol. The maximum Gasteiger partial charge on any atom is 0.0606 e. The molecule has 9 aromatic rings. The average molecular weight is 1410 g/mol. The van der Waals surface area contributed by atoms with Crippen LogP contribution in [0.3, 0.4) is 0 Å². The number of anilines is 4. The zero-order valence-electron chi connectivity index (χ0n) is 56.3. The molecule has 0 aliphatic heterocycles. The first kappa shape index (κ1) is 77.4. The van der Waals surface area contributed by atoms with Gasteiger partial charge in [-0.2, -0.15) is 0 Å². The summed E-state index contributed by atoms with van der Waals surface area (Å²) in [5.41, 5.74) is 16.6. The summed E-state index contributed by atoms with van der Waals surface area (Å²) in [5.74, 6) is 0.638. The Balaban J connectivity index is 0.000000189. The van der Waals surface area contributed by atoms with E-state index in [4.69, 9.17) is 39.9 Å². The van der Waals surface area contributed by atoms with Crippen LogP contribution in [0.25, 0.3) is 0 Å². The Labute approximate surface area is 599 Å². The van der Waals surface area contributed by atoms with Crippen LogP contribution < -0.4 is 20.0 Å². The largest absolute Gasteiger partial charge is 0.396 e. The molecule has 1 saturated carbocycles. The number of hydrogen-bond acceptors (Lipinski definition) is 14. The van der Waals surface area contributed by atoms with E-state index in [2.05, 4.69) is 127 Å². The number of aliphatic hydroxyl groups is 10. The smallest absolute Gasteiger partial charge is 0.0606 e. The molecule has 0 saturated heterocycles. The Kier molecular flexibility index (Phi) is 32.4. The topological polar surface area (TPSA) is 224 Å². The minimum Gasteiger partial charge on any atom is -0.396 e. The highest BCUT2D eigenvalue weighted by molar-refractivity contribution is 6.31. The molecule has 17 heteroatoms. The van der Waals surface area contributed by atoms with Gasteiger partial charge in [0.2, 0.25) is 0 Å². The van der Waals surface area contributed by atoms with Crippen molar-refractivity contribution in [3.8, 4) is 0 Å². The zero-order chi connectivity index (χ0) is 70.3. The summed E-state index contributed by atoms with van der Waals surface area (Å²) in [4.78, 5) is 5.90. The van der Waals surface area contributed by atoms with Crippen molar-refractivity contribution < 1.29 is 51.1 Å². The molecule has 0 heterocycles. The van der Waals surface area contributed by atoms with Gasteiger partial charge in [0, 0.05) is 115 Å². The molecule has 0 aromatic heterocycles. The molecule has 1 fully saturated rings. The van der Waals surface area contributed by atoms with E-state index in [1.807, 2.05) is 112 Å². The molecule has 0 amide bonds. The van der Waals surface area contributed by atoms with E-state index in [1.165, 1.54) is 22.3 Å². The Morgan fingerprint density at radius 1 is 0.323 bits per heavy atom. The van der Waals surface area contributed by atoms with Crippen LogP contribution in [0.5, 0.6) is 0 Å². The maximum atomic E-state index is 10.1. The fourth-order valence-corrected chi connectivity index (χ4v) is 13.7. The van der Waals surface area contributed by atoms with E-state index in [-0.39, 0.29) is 89.2 Å². The summed E-state index contributed by atoms with van der Waals surface area (Å²) in [6.07, 6.45) is 5.04. The second-order valence-electron chi connectivity index (χ2n) is 24.9. The second kappa shape index (κ2) is 41.4. The van der Waals surface area contributed by atoms with Gasteiger partial charge in [-0.3, -0.25) is 0 Å². The molecule has 0 radical (unpaired) electrons. The number of benzene rings is 9. The van der Waals surface area contributed by atoms with E-state index < -0.39 is 0 Å². The van der Waals surface area contributed by atoms with Gasteiger partial charge in [-0.15, -0.1) is 0 Å². The van der Waals surface area contributed by atoms with Gasteiger partial charge in [-0.25, -0.2) is 0 Å². The van der Waals surface area contributed by atoms with Gasteiger partial charge in [-0.05, 0) is 190 Å². The molecule has 5 unspecified atom stereocenters. The van der Waals surface area contributed by atoms with E-state index >= 15 is 0 Å². The third-order valence-electron chi connectivity index (χ3n) is 18.4. The van der Waals surface area contributed by atoms with Gasteiger partial charge in [0.05, 0.1) is 52.4 Å². The van der Waals surface area contributed by atoms with E-state index in [1.54, 1.807) is 0 Å². The van der Waals surface area contributed by atoms with Crippen LogP contribution >= 0.6 is 34.8 Å². The lowest BCUT2D eigenvalue weighted by Crippen LogP contribution is -2.29. The lowest BCUT2D eigenvalue weighted by atomic mass is 9.80. The first-order valence-electron chi connectivity index (χ1n) is 34.4. The summed E-state index contributed by atoms with van der Waals surface area (Å²) < 4.78 is 0. The highest BCUT2D eigenvalue weighted by atomic mass is 35.5. The lowest BCUT2D eigenvalue weighted by Gasteiger charge is -2.27. The third-order valence-corrected chi connectivity index (χ3v) is 19.1. The van der Waals surface area contributed by atoms with Gasteiger partial charge in [-0.1, -0.05) is 175 Å². The molecule has 10 rings (SSSR count). The number of aliphatic hydroxyl groups excluding tert-OH is 10. The zero-order valence-corrected chi connectivity index (χ0v) is 58.5. The summed E-state index contributed by atoms with van der Waals surface area (Å²) >= 11 is 18.4. The lowest BCUT2D eigenvalue weighted by molar-refractivity contribution is 0.119. The van der Waals surface area contributed by atoms with Crippen molar-refractivity contribution in [3.05, 3.63) is 295 Å². The van der Waals surface area contributed by atoms with Gasteiger partial charge < -0.3 is 71.1 Å². The molecule has 11 N–H and O–H groups in total. The standard InChI is InChI=1S/C29H34ClNO3.C28H34ClNO4.C25H29ClN2O3/c30-26-12-8-23(9-13-26)29(24-10-14-27(15-11-24)31(16-18-32)17-19-33)22-6-4-21(5-7-22)25-2-1-3-28(34)20-25;29-26-9-5-24(6-10-26)28(23-3-1-21(2-4-23)22(13-17-31)14-18-32)25-7-11-27(12-8-25)30(15-19-33)16-20-34;26-22-7-1-19(2-8-22)25(20-3-9-23(10-4-20)27-13-16-29)21-5-11-24(12-6-21)28(14-17-30)15-18-31/h4-15,25,28-29,32-34H,1-3,16-20H2;1-12,22,28,31-34H,13-20H2;1-12,25,27,29-31H,13-18H2. The van der Waals surface area contributed by atoms with Crippen molar-refractivity contribution in [1.29, 1.82) is 0 Å². The van der Waals surface area contributed by atoms with Crippen LogP contribution in [0.2, 0.25) is 15.1 Å². The van der Waals surface area contributed by atoms with Crippen LogP contribution in [-0.2, 0) is 0 Å². The summed E-state index contributed by atoms with van der Waals surface area (Å²) in [6, 6.07) is 74.1. The second-order valence-corrected chi connectivity index (χ2v) is 26.2. The van der Waals surface area contributed by atoms with Crippen molar-refractivity contribution in [2.75, 3.05) is 125 Å².